The van der Waals surface area contributed by atoms with Crippen molar-refractivity contribution in [3.05, 3.63) is 94.2 Å². The molecule has 3 amide bonds. The molecule has 220 valence electrons. The van der Waals surface area contributed by atoms with Gasteiger partial charge >= 0.3 is 0 Å². The number of likely N-dealkylation sites (tertiary alicyclic amines) is 1. The highest BCUT2D eigenvalue weighted by Gasteiger charge is 2.38. The molecular weight excluding hydrogens is 543 g/mol. The molecule has 5 rings (SSSR count). The highest BCUT2D eigenvalue weighted by atomic mass is 19.1. The van der Waals surface area contributed by atoms with E-state index in [1.165, 1.54) is 41.0 Å². The highest BCUT2D eigenvalue weighted by Crippen LogP contribution is 2.32. The van der Waals surface area contributed by atoms with E-state index in [-0.39, 0.29) is 60.1 Å². The van der Waals surface area contributed by atoms with Crippen LogP contribution < -0.4 is 20.3 Å². The first-order chi connectivity index (χ1) is 20.3. The SMILES string of the molecule is COc1cc(F)ccc1C(=O)N1C[C@@H]2NC(=O)CN(C(=O)Cn3ccccc3=O)CCCCOc3cccc(c3)[C@H]2C1. The Morgan fingerprint density at radius 1 is 1.02 bits per heavy atom. The summed E-state index contributed by atoms with van der Waals surface area (Å²) < 4.78 is 26.3. The number of ether oxygens (including phenoxy) is 2. The Morgan fingerprint density at radius 3 is 2.69 bits per heavy atom. The van der Waals surface area contributed by atoms with E-state index < -0.39 is 11.9 Å². The minimum atomic E-state index is -0.516. The number of rotatable bonds is 4. The smallest absolute Gasteiger partial charge is 0.257 e. The Kier molecular flexibility index (Phi) is 8.85. The third-order valence-corrected chi connectivity index (χ3v) is 7.62. The minimum Gasteiger partial charge on any atom is -0.496 e. The van der Waals surface area contributed by atoms with Gasteiger partial charge in [0, 0.05) is 43.9 Å². The zero-order chi connectivity index (χ0) is 29.6. The van der Waals surface area contributed by atoms with Crippen LogP contribution >= 0.6 is 0 Å². The molecular formula is C31H33FN4O6. The summed E-state index contributed by atoms with van der Waals surface area (Å²) in [5, 5.41) is 3.05. The molecule has 0 saturated carbocycles. The molecule has 0 radical (unpaired) electrons. The zero-order valence-corrected chi connectivity index (χ0v) is 23.3. The molecule has 3 aromatic rings. The van der Waals surface area contributed by atoms with Crippen molar-refractivity contribution in [3.63, 3.8) is 0 Å². The Hall–Kier alpha value is -4.67. The summed E-state index contributed by atoms with van der Waals surface area (Å²) in [6, 6.07) is 15.6. The number of carbonyl (C=O) groups is 3. The van der Waals surface area contributed by atoms with Crippen LogP contribution in [-0.2, 0) is 16.1 Å². The number of halogens is 1. The van der Waals surface area contributed by atoms with Gasteiger partial charge < -0.3 is 29.2 Å². The van der Waals surface area contributed by atoms with Crippen LogP contribution in [0.5, 0.6) is 11.5 Å². The molecule has 3 heterocycles. The van der Waals surface area contributed by atoms with Crippen molar-refractivity contribution in [2.45, 2.75) is 31.3 Å². The van der Waals surface area contributed by atoms with Crippen LogP contribution in [0.3, 0.4) is 0 Å². The minimum absolute atomic E-state index is 0.129. The summed E-state index contributed by atoms with van der Waals surface area (Å²) in [4.78, 5) is 55.4. The number of pyridine rings is 1. The second-order valence-corrected chi connectivity index (χ2v) is 10.4. The first kappa shape index (κ1) is 28.8. The lowest BCUT2D eigenvalue weighted by atomic mass is 9.94. The van der Waals surface area contributed by atoms with E-state index >= 15 is 0 Å². The van der Waals surface area contributed by atoms with Crippen molar-refractivity contribution in [2.75, 3.05) is 39.9 Å². The van der Waals surface area contributed by atoms with E-state index in [4.69, 9.17) is 9.47 Å². The fourth-order valence-electron chi connectivity index (χ4n) is 5.45. The number of carbonyl (C=O) groups excluding carboxylic acids is 3. The van der Waals surface area contributed by atoms with Crippen LogP contribution in [0.1, 0.15) is 34.7 Å². The Bertz CT molecular complexity index is 1530. The number of hydrogen-bond donors (Lipinski definition) is 1. The van der Waals surface area contributed by atoms with Crippen LogP contribution in [0, 0.1) is 5.82 Å². The van der Waals surface area contributed by atoms with Gasteiger partial charge in [-0.1, -0.05) is 18.2 Å². The number of nitrogens with zero attached hydrogens (tertiary/aromatic N) is 3. The molecule has 2 bridgehead atoms. The molecule has 11 heteroatoms. The summed E-state index contributed by atoms with van der Waals surface area (Å²) in [6.45, 7) is 0.882. The fraction of sp³-hybridized carbons (Fsp3) is 0.355. The van der Waals surface area contributed by atoms with Crippen LogP contribution in [0.2, 0.25) is 0 Å². The lowest BCUT2D eigenvalue weighted by molar-refractivity contribution is -0.137. The van der Waals surface area contributed by atoms with Gasteiger partial charge in [0.1, 0.15) is 23.9 Å². The average molecular weight is 577 g/mol. The van der Waals surface area contributed by atoms with Gasteiger partial charge in [0.05, 0.1) is 31.9 Å². The molecule has 2 aliphatic heterocycles. The maximum absolute atomic E-state index is 13.8. The summed E-state index contributed by atoms with van der Waals surface area (Å²) in [5.74, 6) is -1.03. The largest absolute Gasteiger partial charge is 0.496 e. The molecule has 1 aromatic heterocycles. The third-order valence-electron chi connectivity index (χ3n) is 7.62. The molecule has 1 N–H and O–H groups in total. The van der Waals surface area contributed by atoms with Gasteiger partial charge in [0.2, 0.25) is 11.8 Å². The average Bonchev–Trinajstić information content (AvgIpc) is 3.40. The number of aromatic nitrogens is 1. The first-order valence-electron chi connectivity index (χ1n) is 13.9. The molecule has 10 nitrogen and oxygen atoms in total. The topological polar surface area (TPSA) is 110 Å². The molecule has 0 aliphatic carbocycles. The van der Waals surface area contributed by atoms with Crippen molar-refractivity contribution in [3.8, 4) is 11.5 Å². The number of hydrogen-bond acceptors (Lipinski definition) is 6. The second-order valence-electron chi connectivity index (χ2n) is 10.4. The lowest BCUT2D eigenvalue weighted by Crippen LogP contribution is -2.48. The van der Waals surface area contributed by atoms with Gasteiger partial charge in [0.25, 0.3) is 11.5 Å². The molecule has 2 atom stereocenters. The van der Waals surface area contributed by atoms with E-state index in [2.05, 4.69) is 5.32 Å². The van der Waals surface area contributed by atoms with Crippen molar-refractivity contribution >= 4 is 17.7 Å². The molecule has 1 fully saturated rings. The summed E-state index contributed by atoms with van der Waals surface area (Å²) in [7, 11) is 1.38. The number of nitrogens with one attached hydrogen (secondary N) is 1. The predicted octanol–water partition coefficient (Wildman–Crippen LogP) is 2.42. The van der Waals surface area contributed by atoms with E-state index in [0.717, 1.165) is 11.6 Å². The Morgan fingerprint density at radius 2 is 1.88 bits per heavy atom. The summed E-state index contributed by atoms with van der Waals surface area (Å²) in [5.41, 5.74) is 0.816. The van der Waals surface area contributed by atoms with Gasteiger partial charge in [-0.15, -0.1) is 0 Å². The van der Waals surface area contributed by atoms with Crippen LogP contribution in [0.4, 0.5) is 4.39 Å². The zero-order valence-electron chi connectivity index (χ0n) is 23.3. The van der Waals surface area contributed by atoms with Gasteiger partial charge in [-0.3, -0.25) is 19.2 Å². The van der Waals surface area contributed by atoms with Crippen LogP contribution in [0.15, 0.2) is 71.7 Å². The summed E-state index contributed by atoms with van der Waals surface area (Å²) in [6.07, 6.45) is 2.81. The number of amides is 3. The molecule has 0 spiro atoms. The molecule has 2 aromatic carbocycles. The maximum atomic E-state index is 13.8. The molecule has 1 saturated heterocycles. The lowest BCUT2D eigenvalue weighted by Gasteiger charge is -2.26. The van der Waals surface area contributed by atoms with Crippen LogP contribution in [-0.4, -0.2) is 78.0 Å². The molecule has 2 aliphatic rings. The van der Waals surface area contributed by atoms with Gasteiger partial charge in [0.15, 0.2) is 0 Å². The number of fused-ring (bicyclic) bond motifs is 4. The maximum Gasteiger partial charge on any atom is 0.257 e. The van der Waals surface area contributed by atoms with Crippen LogP contribution in [0.25, 0.3) is 0 Å². The van der Waals surface area contributed by atoms with E-state index in [9.17, 15) is 23.6 Å². The van der Waals surface area contributed by atoms with Crippen molar-refractivity contribution in [2.24, 2.45) is 0 Å². The predicted molar refractivity (Wildman–Crippen MR) is 152 cm³/mol. The van der Waals surface area contributed by atoms with E-state index in [1.807, 2.05) is 24.3 Å². The van der Waals surface area contributed by atoms with Gasteiger partial charge in [-0.25, -0.2) is 4.39 Å². The standard InChI is InChI=1S/C31H33FN4O6/c1-41-27-16-22(32)10-11-24(27)31(40)36-17-25-21-7-6-8-23(15-21)42-14-5-4-13-34(19-28(37)33-26(25)18-36)30(39)20-35-12-3-2-9-29(35)38/h2-3,6-12,15-16,25-26H,4-5,13-14,17-20H2,1H3,(H,33,37)/t25-,26+/m1/s1. The van der Waals surface area contributed by atoms with Crippen molar-refractivity contribution < 1.29 is 28.2 Å². The summed E-state index contributed by atoms with van der Waals surface area (Å²) >= 11 is 0. The first-order valence-corrected chi connectivity index (χ1v) is 13.9. The quantitative estimate of drug-likeness (QED) is 0.511. The van der Waals surface area contributed by atoms with E-state index in [1.54, 1.807) is 17.0 Å². The Balaban J connectivity index is 1.39. The third kappa shape index (κ3) is 6.62. The van der Waals surface area contributed by atoms with E-state index in [0.29, 0.717) is 38.3 Å². The normalized spacial score (nSPS) is 19.2. The number of methoxy groups -OCH3 is 1. The van der Waals surface area contributed by atoms with Gasteiger partial charge in [-0.05, 0) is 48.7 Å². The van der Waals surface area contributed by atoms with Crippen molar-refractivity contribution in [1.82, 2.24) is 19.7 Å². The Labute approximate surface area is 242 Å². The monoisotopic (exact) mass is 576 g/mol. The van der Waals surface area contributed by atoms with Gasteiger partial charge in [-0.2, -0.15) is 0 Å². The van der Waals surface area contributed by atoms with Crippen molar-refractivity contribution in [1.29, 1.82) is 0 Å². The molecule has 0 unspecified atom stereocenters. The number of benzene rings is 2. The second kappa shape index (κ2) is 12.9. The fourth-order valence-corrected chi connectivity index (χ4v) is 5.45. The molecule has 42 heavy (non-hydrogen) atoms. The highest BCUT2D eigenvalue weighted by molar-refractivity contribution is 5.97.